The van der Waals surface area contributed by atoms with Gasteiger partial charge in [0.1, 0.15) is 0 Å². The lowest BCUT2D eigenvalue weighted by molar-refractivity contribution is 1.41. The summed E-state index contributed by atoms with van der Waals surface area (Å²) in [7, 11) is 0.515. The van der Waals surface area contributed by atoms with Gasteiger partial charge in [0.25, 0.3) is 0 Å². The second-order valence-electron chi connectivity index (χ2n) is 5.53. The van der Waals surface area contributed by atoms with E-state index >= 15 is 0 Å². The van der Waals surface area contributed by atoms with Crippen molar-refractivity contribution in [3.63, 3.8) is 0 Å². The molecule has 0 heterocycles. The van der Waals surface area contributed by atoms with Gasteiger partial charge in [-0.25, -0.2) is 0 Å². The van der Waals surface area contributed by atoms with Gasteiger partial charge in [-0.3, -0.25) is 4.99 Å². The van der Waals surface area contributed by atoms with E-state index in [1.54, 1.807) is 0 Å². The van der Waals surface area contributed by atoms with Crippen LogP contribution >= 0.6 is 0 Å². The molecule has 1 aromatic carbocycles. The monoisotopic (exact) mass is 257 g/mol. The van der Waals surface area contributed by atoms with Crippen molar-refractivity contribution in [1.82, 2.24) is 0 Å². The molecule has 0 unspecified atom stereocenters. The fourth-order valence-corrected chi connectivity index (χ4v) is 3.02. The third-order valence-corrected chi connectivity index (χ3v) is 5.25. The molecule has 0 amide bonds. The Morgan fingerprint density at radius 2 is 1.72 bits per heavy atom. The van der Waals surface area contributed by atoms with E-state index in [1.165, 1.54) is 10.8 Å². The molecule has 0 saturated heterocycles. The maximum absolute atomic E-state index is 4.38. The van der Waals surface area contributed by atoms with Gasteiger partial charge in [-0.05, 0) is 18.6 Å². The third kappa shape index (κ3) is 3.81. The summed E-state index contributed by atoms with van der Waals surface area (Å²) in [5, 5.41) is 1.29. The minimum Gasteiger partial charge on any atom is -0.288 e. The van der Waals surface area contributed by atoms with Gasteiger partial charge in [0.2, 0.25) is 0 Å². The standard InChI is InChI=1S/C16H23NSi/c1-13(14(2)18(4,5)6)12-16(17-3)15-10-8-7-9-11-15/h7-12H,2H2,1,3-6H3/b13-12-,17-16+. The minimum absolute atomic E-state index is 1.02. The van der Waals surface area contributed by atoms with E-state index in [1.807, 2.05) is 25.2 Å². The predicted molar refractivity (Wildman–Crippen MR) is 85.1 cm³/mol. The molecule has 2 heteroatoms. The average molecular weight is 257 g/mol. The molecular formula is C16H23NSi. The van der Waals surface area contributed by atoms with Gasteiger partial charge < -0.3 is 0 Å². The zero-order chi connectivity index (χ0) is 13.8. The topological polar surface area (TPSA) is 12.4 Å². The van der Waals surface area contributed by atoms with Crippen molar-refractivity contribution in [3.8, 4) is 0 Å². The summed E-state index contributed by atoms with van der Waals surface area (Å²) >= 11 is 0. The van der Waals surface area contributed by atoms with Crippen molar-refractivity contribution in [2.24, 2.45) is 4.99 Å². The van der Waals surface area contributed by atoms with E-state index in [0.717, 1.165) is 11.3 Å². The highest BCUT2D eigenvalue weighted by molar-refractivity contribution is 6.83. The zero-order valence-corrected chi connectivity index (χ0v) is 13.1. The molecule has 0 saturated carbocycles. The fourth-order valence-electron chi connectivity index (χ4n) is 1.77. The van der Waals surface area contributed by atoms with E-state index in [4.69, 9.17) is 0 Å². The van der Waals surface area contributed by atoms with Crippen molar-refractivity contribution in [1.29, 1.82) is 0 Å². The molecular weight excluding hydrogens is 234 g/mol. The van der Waals surface area contributed by atoms with Gasteiger partial charge in [0.05, 0.1) is 13.8 Å². The summed E-state index contributed by atoms with van der Waals surface area (Å²) in [4.78, 5) is 4.38. The molecule has 96 valence electrons. The first-order chi connectivity index (χ1) is 8.36. The van der Waals surface area contributed by atoms with Crippen molar-refractivity contribution in [3.05, 3.63) is 59.3 Å². The molecule has 1 aromatic rings. The lowest BCUT2D eigenvalue weighted by Crippen LogP contribution is -2.24. The molecule has 1 rings (SSSR count). The molecule has 0 fully saturated rings. The Balaban J connectivity index is 3.04. The smallest absolute Gasteiger partial charge is 0.0771 e. The summed E-state index contributed by atoms with van der Waals surface area (Å²) < 4.78 is 0. The van der Waals surface area contributed by atoms with Crippen LogP contribution in [0, 0.1) is 0 Å². The molecule has 0 atom stereocenters. The van der Waals surface area contributed by atoms with E-state index in [2.05, 4.69) is 56.3 Å². The molecule has 0 aliphatic carbocycles. The Labute approximate surface area is 112 Å². The van der Waals surface area contributed by atoms with Crippen LogP contribution in [0.2, 0.25) is 19.6 Å². The molecule has 0 radical (unpaired) electrons. The second kappa shape index (κ2) is 5.96. The van der Waals surface area contributed by atoms with Gasteiger partial charge in [0.15, 0.2) is 0 Å². The first-order valence-electron chi connectivity index (χ1n) is 6.26. The Morgan fingerprint density at radius 3 is 2.17 bits per heavy atom. The lowest BCUT2D eigenvalue weighted by Gasteiger charge is -2.20. The SMILES string of the molecule is C=C(/C(C)=C\C(=N/C)c1ccccc1)[Si](C)(C)C. The zero-order valence-electron chi connectivity index (χ0n) is 12.1. The van der Waals surface area contributed by atoms with Crippen molar-refractivity contribution in [2.75, 3.05) is 7.05 Å². The highest BCUT2D eigenvalue weighted by Crippen LogP contribution is 2.21. The highest BCUT2D eigenvalue weighted by Gasteiger charge is 2.18. The molecule has 0 bridgehead atoms. The van der Waals surface area contributed by atoms with E-state index < -0.39 is 8.07 Å². The highest BCUT2D eigenvalue weighted by atomic mass is 28.3. The first kappa shape index (κ1) is 14.6. The molecule has 0 spiro atoms. The van der Waals surface area contributed by atoms with E-state index in [-0.39, 0.29) is 0 Å². The molecule has 18 heavy (non-hydrogen) atoms. The van der Waals surface area contributed by atoms with E-state index in [0.29, 0.717) is 0 Å². The Hall–Kier alpha value is -1.41. The van der Waals surface area contributed by atoms with Gasteiger partial charge in [-0.2, -0.15) is 0 Å². The van der Waals surface area contributed by atoms with Crippen LogP contribution in [0.15, 0.2) is 58.7 Å². The van der Waals surface area contributed by atoms with Gasteiger partial charge in [0, 0.05) is 7.05 Å². The maximum atomic E-state index is 4.38. The Kier molecular flexibility index (Phi) is 4.85. The van der Waals surface area contributed by atoms with Crippen LogP contribution in [0.3, 0.4) is 0 Å². The summed E-state index contributed by atoms with van der Waals surface area (Å²) in [6.07, 6.45) is 2.15. The molecule has 0 aromatic heterocycles. The summed E-state index contributed by atoms with van der Waals surface area (Å²) in [6, 6.07) is 10.3. The number of aliphatic imine (C=N–C) groups is 1. The minimum atomic E-state index is -1.32. The van der Waals surface area contributed by atoms with Crippen LogP contribution in [0.1, 0.15) is 12.5 Å². The maximum Gasteiger partial charge on any atom is 0.0771 e. The van der Waals surface area contributed by atoms with Gasteiger partial charge in [-0.15, -0.1) is 0 Å². The van der Waals surface area contributed by atoms with Crippen LogP contribution in [-0.4, -0.2) is 20.8 Å². The number of rotatable bonds is 4. The number of benzene rings is 1. The number of hydrogen-bond donors (Lipinski definition) is 0. The second-order valence-corrected chi connectivity index (χ2v) is 10.6. The Morgan fingerprint density at radius 1 is 1.17 bits per heavy atom. The van der Waals surface area contributed by atoms with Crippen LogP contribution in [0.4, 0.5) is 0 Å². The van der Waals surface area contributed by atoms with Crippen LogP contribution in [0.5, 0.6) is 0 Å². The molecule has 0 aliphatic heterocycles. The van der Waals surface area contributed by atoms with Crippen LogP contribution in [-0.2, 0) is 0 Å². The average Bonchev–Trinajstić information content (AvgIpc) is 2.34. The largest absolute Gasteiger partial charge is 0.288 e. The number of allylic oxidation sites excluding steroid dienone is 3. The summed E-state index contributed by atoms with van der Waals surface area (Å²) in [6.45, 7) is 13.3. The van der Waals surface area contributed by atoms with Crippen molar-refractivity contribution >= 4 is 13.8 Å². The first-order valence-corrected chi connectivity index (χ1v) is 9.76. The van der Waals surface area contributed by atoms with Gasteiger partial charge in [-0.1, -0.05) is 67.3 Å². The Bertz CT molecular complexity index is 476. The van der Waals surface area contributed by atoms with Gasteiger partial charge >= 0.3 is 0 Å². The van der Waals surface area contributed by atoms with Crippen molar-refractivity contribution < 1.29 is 0 Å². The third-order valence-electron chi connectivity index (χ3n) is 3.05. The predicted octanol–water partition coefficient (Wildman–Crippen LogP) is 4.49. The fraction of sp³-hybridized carbons (Fsp3) is 0.312. The molecule has 0 aliphatic rings. The lowest BCUT2D eigenvalue weighted by atomic mass is 10.1. The van der Waals surface area contributed by atoms with Crippen LogP contribution < -0.4 is 0 Å². The molecule has 1 nitrogen and oxygen atoms in total. The normalized spacial score (nSPS) is 13.6. The molecule has 0 N–H and O–H groups in total. The number of nitrogens with zero attached hydrogens (tertiary/aromatic N) is 1. The van der Waals surface area contributed by atoms with E-state index in [9.17, 15) is 0 Å². The van der Waals surface area contributed by atoms with Crippen molar-refractivity contribution in [2.45, 2.75) is 26.6 Å². The van der Waals surface area contributed by atoms with Crippen LogP contribution in [0.25, 0.3) is 0 Å². The summed E-state index contributed by atoms with van der Waals surface area (Å²) in [5.41, 5.74) is 3.42. The number of hydrogen-bond acceptors (Lipinski definition) is 1. The summed E-state index contributed by atoms with van der Waals surface area (Å²) in [5.74, 6) is 0. The quantitative estimate of drug-likeness (QED) is 0.428.